The van der Waals surface area contributed by atoms with E-state index in [9.17, 15) is 9.59 Å². The topological polar surface area (TPSA) is 70.7 Å². The van der Waals surface area contributed by atoms with Crippen LogP contribution in [0.2, 0.25) is 0 Å². The number of ether oxygens (including phenoxy) is 1. The zero-order valence-corrected chi connectivity index (χ0v) is 13.3. The number of ketones is 1. The number of hydrogen-bond donors (Lipinski definition) is 2. The Hall–Kier alpha value is -2.50. The average molecular weight is 303 g/mol. The molecule has 0 fully saturated rings. The van der Waals surface area contributed by atoms with Crippen molar-refractivity contribution < 1.29 is 14.3 Å². The second kappa shape index (κ2) is 6.51. The molecule has 1 aromatic rings. The van der Waals surface area contributed by atoms with Crippen LogP contribution in [0.25, 0.3) is 0 Å². The number of amides is 2. The van der Waals surface area contributed by atoms with Crippen molar-refractivity contribution in [3.05, 3.63) is 41.3 Å². The van der Waals surface area contributed by atoms with Gasteiger partial charge in [-0.15, -0.1) is 0 Å². The summed E-state index contributed by atoms with van der Waals surface area (Å²) >= 11 is 0. The van der Waals surface area contributed by atoms with Crippen LogP contribution in [0, 0.1) is 0 Å². The van der Waals surface area contributed by atoms with Crippen LogP contribution in [-0.4, -0.2) is 32.5 Å². The molecule has 6 heteroatoms. The van der Waals surface area contributed by atoms with E-state index >= 15 is 0 Å². The third-order valence-electron chi connectivity index (χ3n) is 3.43. The van der Waals surface area contributed by atoms with Gasteiger partial charge in [0.15, 0.2) is 5.76 Å². The monoisotopic (exact) mass is 303 g/mol. The Morgan fingerprint density at radius 1 is 1.18 bits per heavy atom. The molecule has 118 valence electrons. The van der Waals surface area contributed by atoms with Gasteiger partial charge in [-0.05, 0) is 31.5 Å². The van der Waals surface area contributed by atoms with E-state index < -0.39 is 12.1 Å². The van der Waals surface area contributed by atoms with Crippen LogP contribution in [0.4, 0.5) is 10.5 Å². The lowest BCUT2D eigenvalue weighted by Crippen LogP contribution is -2.37. The summed E-state index contributed by atoms with van der Waals surface area (Å²) in [4.78, 5) is 26.5. The summed E-state index contributed by atoms with van der Waals surface area (Å²) in [6.07, 6.45) is 0. The highest BCUT2D eigenvalue weighted by Gasteiger charge is 2.31. The van der Waals surface area contributed by atoms with Crippen molar-refractivity contribution in [1.82, 2.24) is 10.6 Å². The second-order valence-electron chi connectivity index (χ2n) is 5.27. The van der Waals surface area contributed by atoms with Gasteiger partial charge in [0, 0.05) is 19.8 Å². The minimum absolute atomic E-state index is 0.197. The number of hydrogen-bond acceptors (Lipinski definition) is 4. The molecule has 0 radical (unpaired) electrons. The quantitative estimate of drug-likeness (QED) is 0.892. The number of anilines is 1. The number of rotatable bonds is 4. The highest BCUT2D eigenvalue weighted by atomic mass is 16.5. The summed E-state index contributed by atoms with van der Waals surface area (Å²) in [5.41, 5.74) is 2.17. The SMILES string of the molecule is CCOC1=C(C)NC(=O)N[C@H](c2ccc(N(C)C)cc2)C1=O. The van der Waals surface area contributed by atoms with Crippen LogP contribution in [0.5, 0.6) is 0 Å². The maximum absolute atomic E-state index is 12.7. The minimum atomic E-state index is -0.754. The van der Waals surface area contributed by atoms with E-state index in [2.05, 4.69) is 10.6 Å². The highest BCUT2D eigenvalue weighted by molar-refractivity contribution is 6.02. The molecular weight excluding hydrogens is 282 g/mol. The molecule has 6 nitrogen and oxygen atoms in total. The van der Waals surface area contributed by atoms with E-state index in [-0.39, 0.29) is 11.5 Å². The van der Waals surface area contributed by atoms with Gasteiger partial charge < -0.3 is 20.3 Å². The van der Waals surface area contributed by atoms with E-state index in [0.717, 1.165) is 11.3 Å². The number of Topliss-reactive ketones (excluding diaryl/α,β-unsaturated/α-hetero) is 1. The Kier molecular flexibility index (Phi) is 4.70. The summed E-state index contributed by atoms with van der Waals surface area (Å²) in [7, 11) is 3.88. The molecule has 0 aromatic heterocycles. The third kappa shape index (κ3) is 3.21. The molecule has 0 saturated carbocycles. The minimum Gasteiger partial charge on any atom is -0.488 e. The van der Waals surface area contributed by atoms with Crippen molar-refractivity contribution in [2.24, 2.45) is 0 Å². The highest BCUT2D eigenvalue weighted by Crippen LogP contribution is 2.24. The van der Waals surface area contributed by atoms with E-state index in [0.29, 0.717) is 12.3 Å². The summed E-state index contributed by atoms with van der Waals surface area (Å²) < 4.78 is 5.42. The summed E-state index contributed by atoms with van der Waals surface area (Å²) in [6.45, 7) is 3.81. The lowest BCUT2D eigenvalue weighted by Gasteiger charge is -2.18. The third-order valence-corrected chi connectivity index (χ3v) is 3.43. The van der Waals surface area contributed by atoms with E-state index in [4.69, 9.17) is 4.74 Å². The fourth-order valence-corrected chi connectivity index (χ4v) is 2.30. The predicted molar refractivity (Wildman–Crippen MR) is 84.5 cm³/mol. The summed E-state index contributed by atoms with van der Waals surface area (Å²) in [5.74, 6) is -0.0576. The Morgan fingerprint density at radius 2 is 1.82 bits per heavy atom. The van der Waals surface area contributed by atoms with Crippen molar-refractivity contribution in [3.63, 3.8) is 0 Å². The molecule has 0 aliphatic carbocycles. The Balaban J connectivity index is 2.36. The molecule has 1 aliphatic heterocycles. The fraction of sp³-hybridized carbons (Fsp3) is 0.375. The van der Waals surface area contributed by atoms with Gasteiger partial charge >= 0.3 is 6.03 Å². The molecule has 0 spiro atoms. The van der Waals surface area contributed by atoms with Gasteiger partial charge in [-0.3, -0.25) is 4.79 Å². The molecule has 0 bridgehead atoms. The predicted octanol–water partition coefficient (Wildman–Crippen LogP) is 1.94. The normalized spacial score (nSPS) is 18.5. The molecule has 0 saturated heterocycles. The molecule has 22 heavy (non-hydrogen) atoms. The summed E-state index contributed by atoms with van der Waals surface area (Å²) in [5, 5.41) is 5.29. The van der Waals surface area contributed by atoms with E-state index in [1.807, 2.05) is 43.3 Å². The van der Waals surface area contributed by atoms with Gasteiger partial charge in [-0.2, -0.15) is 0 Å². The number of allylic oxidation sites excluding steroid dienone is 1. The number of carbonyl (C=O) groups is 2. The summed E-state index contributed by atoms with van der Waals surface area (Å²) in [6, 6.07) is 6.32. The zero-order valence-electron chi connectivity index (χ0n) is 13.3. The largest absolute Gasteiger partial charge is 0.488 e. The van der Waals surface area contributed by atoms with Gasteiger partial charge in [0.2, 0.25) is 5.78 Å². The number of urea groups is 1. The molecule has 2 amide bonds. The lowest BCUT2D eigenvalue weighted by molar-refractivity contribution is -0.120. The second-order valence-corrected chi connectivity index (χ2v) is 5.27. The fourth-order valence-electron chi connectivity index (χ4n) is 2.30. The van der Waals surface area contributed by atoms with Gasteiger partial charge in [-0.1, -0.05) is 12.1 Å². The van der Waals surface area contributed by atoms with Crippen LogP contribution in [0.1, 0.15) is 25.5 Å². The molecule has 1 aromatic carbocycles. The molecule has 2 N–H and O–H groups in total. The molecule has 1 atom stereocenters. The van der Waals surface area contributed by atoms with Crippen molar-refractivity contribution in [2.75, 3.05) is 25.6 Å². The van der Waals surface area contributed by atoms with Crippen LogP contribution in [-0.2, 0) is 9.53 Å². The van der Waals surface area contributed by atoms with Gasteiger partial charge in [0.1, 0.15) is 6.04 Å². The van der Waals surface area contributed by atoms with Gasteiger partial charge in [0.25, 0.3) is 0 Å². The van der Waals surface area contributed by atoms with Crippen LogP contribution in [0.15, 0.2) is 35.7 Å². The average Bonchev–Trinajstić information content (AvgIpc) is 2.58. The lowest BCUT2D eigenvalue weighted by atomic mass is 10.0. The first-order valence-electron chi connectivity index (χ1n) is 7.16. The molecule has 1 aliphatic rings. The maximum Gasteiger partial charge on any atom is 0.319 e. The molecule has 1 heterocycles. The smallest absolute Gasteiger partial charge is 0.319 e. The Morgan fingerprint density at radius 3 is 2.36 bits per heavy atom. The zero-order chi connectivity index (χ0) is 16.3. The Labute approximate surface area is 130 Å². The molecular formula is C16H21N3O3. The first-order valence-corrected chi connectivity index (χ1v) is 7.16. The van der Waals surface area contributed by atoms with E-state index in [1.165, 1.54) is 0 Å². The number of nitrogens with zero attached hydrogens (tertiary/aromatic N) is 1. The number of carbonyl (C=O) groups excluding carboxylic acids is 2. The van der Waals surface area contributed by atoms with Crippen molar-refractivity contribution in [2.45, 2.75) is 19.9 Å². The maximum atomic E-state index is 12.7. The van der Waals surface area contributed by atoms with Crippen LogP contribution >= 0.6 is 0 Å². The standard InChI is InChI=1S/C16H21N3O3/c1-5-22-15-10(2)17-16(21)18-13(14(15)20)11-6-8-12(9-7-11)19(3)4/h6-9,13H,5H2,1-4H3,(H2,17,18,21)/t13-/m1/s1. The van der Waals surface area contributed by atoms with E-state index in [1.54, 1.807) is 13.8 Å². The van der Waals surface area contributed by atoms with Crippen molar-refractivity contribution >= 4 is 17.5 Å². The first kappa shape index (κ1) is 15.9. The van der Waals surface area contributed by atoms with Crippen molar-refractivity contribution in [3.8, 4) is 0 Å². The number of nitrogens with one attached hydrogen (secondary N) is 2. The van der Waals surface area contributed by atoms with Crippen molar-refractivity contribution in [1.29, 1.82) is 0 Å². The van der Waals surface area contributed by atoms with Gasteiger partial charge in [-0.25, -0.2) is 4.79 Å². The molecule has 0 unspecified atom stereocenters. The Bertz CT molecular complexity index is 606. The molecule has 2 rings (SSSR count). The van der Waals surface area contributed by atoms with Crippen LogP contribution in [0.3, 0.4) is 0 Å². The van der Waals surface area contributed by atoms with Crippen LogP contribution < -0.4 is 15.5 Å². The first-order chi connectivity index (χ1) is 10.4. The van der Waals surface area contributed by atoms with Gasteiger partial charge in [0.05, 0.1) is 12.3 Å². The number of benzene rings is 1.